The number of thioether (sulfide) groups is 1. The minimum absolute atomic E-state index is 0.143. The zero-order valence-corrected chi connectivity index (χ0v) is 17.7. The molecule has 7 nitrogen and oxygen atoms in total. The number of H-pyrrole nitrogens is 1. The highest BCUT2D eigenvalue weighted by atomic mass is 32.2. The summed E-state index contributed by atoms with van der Waals surface area (Å²) in [6, 6.07) is 7.56. The third kappa shape index (κ3) is 4.95. The van der Waals surface area contributed by atoms with Crippen molar-refractivity contribution in [2.45, 2.75) is 32.3 Å². The minimum Gasteiger partial charge on any atom is -0.494 e. The molecule has 3 aromatic rings. The lowest BCUT2D eigenvalue weighted by molar-refractivity contribution is 0.0602. The topological polar surface area (TPSA) is 94.2 Å². The number of ether oxygens (including phenoxy) is 2. The number of hydrogen-bond acceptors (Lipinski definition) is 7. The number of hydrogen-bond donors (Lipinski definition) is 1. The number of esters is 1. The third-order valence-corrected chi connectivity index (χ3v) is 5.42. The molecule has 3 rings (SSSR count). The quantitative estimate of drug-likeness (QED) is 0.274. The summed E-state index contributed by atoms with van der Waals surface area (Å²) in [5.41, 5.74) is 3.03. The van der Waals surface area contributed by atoms with Crippen LogP contribution in [0.15, 0.2) is 34.2 Å². The van der Waals surface area contributed by atoms with Crippen LogP contribution in [-0.2, 0) is 4.74 Å². The molecule has 2 aromatic heterocycles. The molecule has 0 fully saturated rings. The molecule has 152 valence electrons. The van der Waals surface area contributed by atoms with Crippen LogP contribution in [0.1, 0.15) is 33.6 Å². The van der Waals surface area contributed by atoms with Gasteiger partial charge in [-0.3, -0.25) is 4.79 Å². The Balaban J connectivity index is 1.65. The first-order valence-corrected chi connectivity index (χ1v) is 10.2. The van der Waals surface area contributed by atoms with Crippen LogP contribution in [0.5, 0.6) is 5.75 Å². The average Bonchev–Trinajstić information content (AvgIpc) is 2.68. The SMILES string of the molecule is COC(=O)c1cc(C)nc2nc(SCCCOc3ccc(C)c(C)c3)[nH]c(=O)c12. The maximum absolute atomic E-state index is 12.5. The van der Waals surface area contributed by atoms with E-state index in [-0.39, 0.29) is 16.6 Å². The third-order valence-electron chi connectivity index (χ3n) is 4.46. The molecule has 8 heteroatoms. The molecule has 0 aliphatic heterocycles. The molecule has 0 aliphatic carbocycles. The van der Waals surface area contributed by atoms with E-state index in [1.54, 1.807) is 6.92 Å². The largest absolute Gasteiger partial charge is 0.494 e. The summed E-state index contributed by atoms with van der Waals surface area (Å²) in [5, 5.41) is 0.604. The van der Waals surface area contributed by atoms with Crippen LogP contribution < -0.4 is 10.3 Å². The Morgan fingerprint density at radius 2 is 1.93 bits per heavy atom. The molecule has 0 amide bonds. The van der Waals surface area contributed by atoms with E-state index in [2.05, 4.69) is 28.8 Å². The summed E-state index contributed by atoms with van der Waals surface area (Å²) in [7, 11) is 1.27. The fourth-order valence-corrected chi connectivity index (χ4v) is 3.58. The van der Waals surface area contributed by atoms with E-state index in [0.29, 0.717) is 17.5 Å². The van der Waals surface area contributed by atoms with Crippen molar-refractivity contribution >= 4 is 28.8 Å². The van der Waals surface area contributed by atoms with Gasteiger partial charge < -0.3 is 14.5 Å². The maximum atomic E-state index is 12.5. The van der Waals surface area contributed by atoms with E-state index < -0.39 is 11.5 Å². The standard InChI is InChI=1S/C21H23N3O4S/c1-12-6-7-15(10-13(12)2)28-8-5-9-29-21-23-18-17(19(25)24-21)16(20(26)27-4)11-14(3)22-18/h6-7,10-11H,5,8-9H2,1-4H3,(H,22,23,24,25). The minimum atomic E-state index is -0.586. The number of benzene rings is 1. The van der Waals surface area contributed by atoms with Crippen molar-refractivity contribution in [3.63, 3.8) is 0 Å². The molecule has 0 atom stereocenters. The molecule has 0 bridgehead atoms. The van der Waals surface area contributed by atoms with Gasteiger partial charge in [0.15, 0.2) is 10.8 Å². The van der Waals surface area contributed by atoms with E-state index in [1.165, 1.54) is 36.1 Å². The average molecular weight is 413 g/mol. The Morgan fingerprint density at radius 3 is 2.66 bits per heavy atom. The van der Waals surface area contributed by atoms with Gasteiger partial charge in [-0.15, -0.1) is 0 Å². The first-order chi connectivity index (χ1) is 13.9. The van der Waals surface area contributed by atoms with Crippen molar-refractivity contribution in [2.24, 2.45) is 0 Å². The summed E-state index contributed by atoms with van der Waals surface area (Å²) >= 11 is 1.41. The van der Waals surface area contributed by atoms with Gasteiger partial charge in [0.1, 0.15) is 5.75 Å². The number of aromatic nitrogens is 3. The van der Waals surface area contributed by atoms with E-state index in [1.807, 2.05) is 18.2 Å². The van der Waals surface area contributed by atoms with Crippen molar-refractivity contribution in [3.8, 4) is 5.75 Å². The van der Waals surface area contributed by atoms with Crippen LogP contribution in [-0.4, -0.2) is 40.4 Å². The number of methoxy groups -OCH3 is 1. The number of carbonyl (C=O) groups excluding carboxylic acids is 1. The number of fused-ring (bicyclic) bond motifs is 1. The van der Waals surface area contributed by atoms with Gasteiger partial charge in [0, 0.05) is 11.4 Å². The van der Waals surface area contributed by atoms with Gasteiger partial charge >= 0.3 is 5.97 Å². The second kappa shape index (κ2) is 9.09. The first kappa shape index (κ1) is 20.9. The Kier molecular flexibility index (Phi) is 6.53. The molecule has 1 N–H and O–H groups in total. The van der Waals surface area contributed by atoms with Crippen LogP contribution in [0.3, 0.4) is 0 Å². The predicted octanol–water partition coefficient (Wildman–Crippen LogP) is 3.59. The molecule has 0 radical (unpaired) electrons. The number of aryl methyl sites for hydroxylation is 3. The maximum Gasteiger partial charge on any atom is 0.338 e. The lowest BCUT2D eigenvalue weighted by atomic mass is 10.1. The molecular weight excluding hydrogens is 390 g/mol. The molecule has 1 aromatic carbocycles. The summed E-state index contributed by atoms with van der Waals surface area (Å²) in [6.07, 6.45) is 0.786. The van der Waals surface area contributed by atoms with Gasteiger partial charge in [-0.25, -0.2) is 14.8 Å². The summed E-state index contributed by atoms with van der Waals surface area (Å²) in [4.78, 5) is 35.9. The summed E-state index contributed by atoms with van der Waals surface area (Å²) in [6.45, 7) is 6.43. The van der Waals surface area contributed by atoms with Crippen molar-refractivity contribution < 1.29 is 14.3 Å². The van der Waals surface area contributed by atoms with E-state index >= 15 is 0 Å². The molecule has 29 heavy (non-hydrogen) atoms. The second-order valence-corrected chi connectivity index (χ2v) is 7.75. The molecule has 0 spiro atoms. The van der Waals surface area contributed by atoms with Gasteiger partial charge in [-0.1, -0.05) is 17.8 Å². The molecular formula is C21H23N3O4S. The number of carbonyl (C=O) groups is 1. The molecule has 0 aliphatic rings. The zero-order chi connectivity index (χ0) is 21.0. The monoisotopic (exact) mass is 413 g/mol. The van der Waals surface area contributed by atoms with E-state index in [0.717, 1.165) is 17.9 Å². The number of pyridine rings is 1. The fraction of sp³-hybridized carbons (Fsp3) is 0.333. The lowest BCUT2D eigenvalue weighted by Crippen LogP contribution is -2.16. The Morgan fingerprint density at radius 1 is 1.14 bits per heavy atom. The molecule has 0 saturated heterocycles. The van der Waals surface area contributed by atoms with Crippen molar-refractivity contribution in [1.29, 1.82) is 0 Å². The molecule has 2 heterocycles. The van der Waals surface area contributed by atoms with E-state index in [4.69, 9.17) is 9.47 Å². The second-order valence-electron chi connectivity index (χ2n) is 6.67. The van der Waals surface area contributed by atoms with Crippen LogP contribution in [0.25, 0.3) is 11.0 Å². The normalized spacial score (nSPS) is 10.9. The van der Waals surface area contributed by atoms with Gasteiger partial charge in [-0.05, 0) is 56.5 Å². The van der Waals surface area contributed by atoms with Crippen LogP contribution >= 0.6 is 11.8 Å². The Labute approximate surface area is 172 Å². The van der Waals surface area contributed by atoms with Gasteiger partial charge in [0.2, 0.25) is 0 Å². The Bertz CT molecular complexity index is 1110. The summed E-state index contributed by atoms with van der Waals surface area (Å²) in [5.74, 6) is 0.983. The van der Waals surface area contributed by atoms with Crippen molar-refractivity contribution in [3.05, 3.63) is 57.0 Å². The Hall–Kier alpha value is -2.87. The highest BCUT2D eigenvalue weighted by Crippen LogP contribution is 2.20. The predicted molar refractivity (Wildman–Crippen MR) is 113 cm³/mol. The number of rotatable bonds is 7. The van der Waals surface area contributed by atoms with Crippen molar-refractivity contribution in [2.75, 3.05) is 19.5 Å². The van der Waals surface area contributed by atoms with Crippen LogP contribution in [0, 0.1) is 20.8 Å². The van der Waals surface area contributed by atoms with Crippen LogP contribution in [0.2, 0.25) is 0 Å². The highest BCUT2D eigenvalue weighted by molar-refractivity contribution is 7.99. The number of nitrogens with zero attached hydrogens (tertiary/aromatic N) is 2. The molecule has 0 saturated carbocycles. The molecule has 0 unspecified atom stereocenters. The van der Waals surface area contributed by atoms with E-state index in [9.17, 15) is 9.59 Å². The van der Waals surface area contributed by atoms with Crippen molar-refractivity contribution in [1.82, 2.24) is 15.0 Å². The first-order valence-electron chi connectivity index (χ1n) is 9.22. The van der Waals surface area contributed by atoms with Gasteiger partial charge in [0.05, 0.1) is 24.7 Å². The van der Waals surface area contributed by atoms with Gasteiger partial charge in [-0.2, -0.15) is 0 Å². The van der Waals surface area contributed by atoms with Crippen LogP contribution in [0.4, 0.5) is 0 Å². The van der Waals surface area contributed by atoms with Gasteiger partial charge in [0.25, 0.3) is 5.56 Å². The fourth-order valence-electron chi connectivity index (χ4n) is 2.81. The smallest absolute Gasteiger partial charge is 0.338 e. The summed E-state index contributed by atoms with van der Waals surface area (Å²) < 4.78 is 10.5. The lowest BCUT2D eigenvalue weighted by Gasteiger charge is -2.09. The number of aromatic amines is 1. The zero-order valence-electron chi connectivity index (χ0n) is 16.9. The highest BCUT2D eigenvalue weighted by Gasteiger charge is 2.17. The number of nitrogens with one attached hydrogen (secondary N) is 1.